The average molecular weight is 2190 g/mol. The Bertz CT molecular complexity index is 1650. The number of hydrogen-bond acceptors (Lipinski definition) is 26. The zero-order valence-corrected chi connectivity index (χ0v) is 67.9. The summed E-state index contributed by atoms with van der Waals surface area (Å²) in [6, 6.07) is -4.08. The zero-order valence-electron chi connectivity index (χ0n) is 52.2. The number of nitrogens with one attached hydrogen (secondary N) is 2. The minimum Gasteiger partial charge on any atom is -0.792 e. The Morgan fingerprint density at radius 2 is 0.620 bits per heavy atom. The molecule has 0 heterocycles. The van der Waals surface area contributed by atoms with Gasteiger partial charge in [-0.1, -0.05) is 12.8 Å². The van der Waals surface area contributed by atoms with E-state index in [2.05, 4.69) is 126 Å². The van der Waals surface area contributed by atoms with Gasteiger partial charge in [-0.3, -0.25) is 47.9 Å². The number of carboxylic acid groups (broad SMARTS) is 7. The van der Waals surface area contributed by atoms with Gasteiger partial charge in [-0.2, -0.15) is 34.5 Å². The third-order valence-corrected chi connectivity index (χ3v) is 12.9. The molecule has 2 saturated carbocycles. The SMILES string of the molecule is CC(=O)C[C@@H](C[S-])C(=O)O.CC(=O)C[C@H](C[S-])C(=O)O.CC(=O)N[C@@H](C[S-])C(=O)O.CC(=O)N[C@H](C[S-])C(=O)O.CC(=O)[C@@H](N)C[S-].N[C@@H](C[S-])C(=O)O.N[C@H](C[S-])C(=O)O.N[C@H](C[S-])C(=O)O.[CH2+][C@@H]1CCCC[C@H]1N.[CH2+][C@@H]1CCCC[C@H]1N.[CH3-].[CH3-].[NH2-].[NH2-].[Pt+4].[Pt+4].[Pt].[Pt]. The molecule has 556 valence electrons. The van der Waals surface area contributed by atoms with E-state index in [4.69, 9.17) is 70.1 Å². The maximum Gasteiger partial charge on any atom is 4.00 e. The minimum absolute atomic E-state index is 0. The Kier molecular flexibility index (Phi) is 123. The number of hydrogen-bond donors (Lipinski definition) is 15. The van der Waals surface area contributed by atoms with Gasteiger partial charge in [-0.15, -0.1) is 11.5 Å². The second kappa shape index (κ2) is 86.3. The largest absolute Gasteiger partial charge is 4.00 e. The minimum atomic E-state index is -1.09. The number of Topliss-reactive ketones (excluding diaryl/α,β-unsaturated/α-hetero) is 3. The van der Waals surface area contributed by atoms with Crippen molar-refractivity contribution in [2.24, 2.45) is 58.1 Å². The van der Waals surface area contributed by atoms with Crippen molar-refractivity contribution in [1.29, 1.82) is 0 Å². The Hall–Kier alpha value is -0.787. The van der Waals surface area contributed by atoms with Gasteiger partial charge >= 0.3 is 83.9 Å². The molecule has 0 radical (unpaired) electrons. The number of amides is 2. The third-order valence-electron chi connectivity index (χ3n) is 9.98. The molecule has 0 unspecified atom stereocenters. The number of carboxylic acids is 7. The first-order chi connectivity index (χ1) is 38.6. The summed E-state index contributed by atoms with van der Waals surface area (Å²) in [7, 11) is 0. The number of rotatable bonds is 22. The van der Waals surface area contributed by atoms with Crippen molar-refractivity contribution in [3.63, 3.8) is 0 Å². The fourth-order valence-corrected chi connectivity index (χ4v) is 6.41. The van der Waals surface area contributed by atoms with E-state index in [1.807, 2.05) is 0 Å². The van der Waals surface area contributed by atoms with E-state index in [0.29, 0.717) is 29.7 Å². The summed E-state index contributed by atoms with van der Waals surface area (Å²) in [4.78, 5) is 122. The average Bonchev–Trinajstić information content (AvgIpc) is 3.41. The monoisotopic (exact) mass is 2190 g/mol. The molecule has 12 atom stereocenters. The maximum absolute atomic E-state index is 10.4. The van der Waals surface area contributed by atoms with Gasteiger partial charge in [-0.25, -0.2) is 0 Å². The molecule has 0 bridgehead atoms. The number of carbonyl (C=O) groups is 12. The smallest absolute Gasteiger partial charge is 0.792 e. The van der Waals surface area contributed by atoms with Crippen molar-refractivity contribution in [3.8, 4) is 0 Å². The Morgan fingerprint density at radius 1 is 0.402 bits per heavy atom. The van der Waals surface area contributed by atoms with Crippen molar-refractivity contribution in [1.82, 2.24) is 10.6 Å². The van der Waals surface area contributed by atoms with Gasteiger partial charge in [-0.05, 0) is 59.3 Å². The molecule has 29 nitrogen and oxygen atoms in total. The molecular weight excluding hydrogens is 2090 g/mol. The topological polar surface area (TPSA) is 594 Å². The van der Waals surface area contributed by atoms with Crippen LogP contribution in [0, 0.1) is 52.4 Å². The van der Waals surface area contributed by atoms with Crippen LogP contribution in [-0.2, 0) is 243 Å². The van der Waals surface area contributed by atoms with Crippen molar-refractivity contribution >= 4 is 172 Å². The first kappa shape index (κ1) is 131. The fourth-order valence-electron chi connectivity index (χ4n) is 4.77. The predicted octanol–water partition coefficient (Wildman–Crippen LogP) is -0.0424. The molecule has 0 saturated heterocycles. The van der Waals surface area contributed by atoms with Crippen LogP contribution >= 0.6 is 0 Å². The van der Waals surface area contributed by atoms with Crippen LogP contribution in [-0.4, -0.2) is 201 Å². The number of aliphatic carboxylic acids is 7. The second-order valence-electron chi connectivity index (χ2n) is 17.9. The van der Waals surface area contributed by atoms with E-state index >= 15 is 0 Å². The van der Waals surface area contributed by atoms with Crippen molar-refractivity contribution in [2.45, 2.75) is 147 Å². The van der Waals surface area contributed by atoms with Crippen LogP contribution in [0.1, 0.15) is 98.8 Å². The summed E-state index contributed by atoms with van der Waals surface area (Å²) in [5.74, 6) is -7.81. The Balaban J connectivity index is -0.0000000495. The van der Waals surface area contributed by atoms with E-state index in [1.165, 1.54) is 86.0 Å². The standard InChI is InChI=1S/2C7H14N.2C6H10O3S.2C5H9NO3S.C4H9NOS.3C3H7NO2S.2CH3.2H2N.4Pt/c2*1-6-4-2-3-5-7(6)8;2*1-4(7)2-5(3-10)6(8)9;2*1-3(7)6-4(2-10)5(8)9;1-3(6)4(5)2-7;3*4-2(1-7)3(5)6;;;;;;;;/h2*6-7H,1-5,8H2;2*5,10H,2-3H2,1H3,(H,8,9);2*4,10H,2H2,1H3,(H,6,7)(H,8,9);4,7H,2,5H2,1H3;3*2,7H,1,4H2,(H,5,6);2*1H3;2*1H2;;;;/q2*+1;;;;;;;;;4*-1;;;2*+4/p-8/t2*6-,7-;2*5-;3*4-;3*2-;;;;;;;;/m1110100110......../s1. The van der Waals surface area contributed by atoms with Crippen LogP contribution in [0.2, 0.25) is 0 Å². The van der Waals surface area contributed by atoms with Crippen LogP contribution in [0.15, 0.2) is 0 Å². The maximum atomic E-state index is 10.4. The van der Waals surface area contributed by atoms with E-state index in [0.717, 1.165) is 0 Å². The number of ketones is 3. The Morgan fingerprint density at radius 3 is 0.674 bits per heavy atom. The van der Waals surface area contributed by atoms with Crippen LogP contribution < -0.4 is 45.0 Å². The zero-order chi connectivity index (χ0) is 68.0. The predicted molar refractivity (Wildman–Crippen MR) is 361 cm³/mol. The first-order valence-corrected chi connectivity index (χ1v) is 29.7. The second-order valence-corrected chi connectivity index (χ2v) is 20.5. The van der Waals surface area contributed by atoms with E-state index in [9.17, 15) is 57.5 Å². The number of carbonyl (C=O) groups excluding carboxylic acids is 5. The molecule has 25 N–H and O–H groups in total. The molecule has 2 rings (SSSR count). The van der Waals surface area contributed by atoms with Gasteiger partial charge in [0.05, 0.1) is 32.0 Å². The van der Waals surface area contributed by atoms with Crippen molar-refractivity contribution in [2.75, 3.05) is 46.0 Å². The first-order valence-electron chi connectivity index (χ1n) is 25.1. The van der Waals surface area contributed by atoms with Gasteiger partial charge in [0.15, 0.2) is 0 Å². The molecule has 0 aromatic rings. The molecular formula is C51H98N10O19Pt4S8-2. The van der Waals surface area contributed by atoms with Crippen LogP contribution in [0.25, 0.3) is 12.3 Å². The van der Waals surface area contributed by atoms with E-state index in [-0.39, 0.29) is 194 Å². The quantitative estimate of drug-likeness (QED) is 0.0499. The van der Waals surface area contributed by atoms with E-state index in [1.54, 1.807) is 0 Å². The molecule has 0 spiro atoms. The molecule has 41 heteroatoms. The summed E-state index contributed by atoms with van der Waals surface area (Å²) in [5, 5.41) is 61.8. The molecule has 2 aliphatic rings. The van der Waals surface area contributed by atoms with Gasteiger partial charge in [0.25, 0.3) is 0 Å². The summed E-state index contributed by atoms with van der Waals surface area (Å²) in [6.07, 6.45) is 10.3. The van der Waals surface area contributed by atoms with Crippen LogP contribution in [0.5, 0.6) is 0 Å². The fraction of sp³-hybridized carbons (Fsp3) is 0.686. The van der Waals surface area contributed by atoms with Gasteiger partial charge in [0.1, 0.15) is 41.3 Å². The summed E-state index contributed by atoms with van der Waals surface area (Å²) >= 11 is 35.6. The third kappa shape index (κ3) is 95.6. The number of nitrogens with two attached hydrogens (primary N) is 8. The van der Waals surface area contributed by atoms with Gasteiger partial charge in [0, 0.05) is 98.8 Å². The van der Waals surface area contributed by atoms with Crippen LogP contribution in [0.3, 0.4) is 0 Å². The molecule has 0 aromatic carbocycles. The van der Waals surface area contributed by atoms with Gasteiger partial charge < -0.3 is 219 Å². The van der Waals surface area contributed by atoms with E-state index < -0.39 is 89.9 Å². The summed E-state index contributed by atoms with van der Waals surface area (Å²) in [6.45, 7) is 14.6. The molecule has 2 fully saturated rings. The summed E-state index contributed by atoms with van der Waals surface area (Å²) in [5.41, 5.74) is 31.3. The Labute approximate surface area is 646 Å². The molecule has 0 aliphatic heterocycles. The molecule has 92 heavy (non-hydrogen) atoms. The molecule has 0 aromatic heterocycles. The molecule has 2 amide bonds. The normalized spacial score (nSPS) is 16.4. The van der Waals surface area contributed by atoms with Crippen molar-refractivity contribution < 1.29 is 178 Å². The van der Waals surface area contributed by atoms with Gasteiger partial charge in [0.2, 0.25) is 11.8 Å². The van der Waals surface area contributed by atoms with Crippen molar-refractivity contribution in [3.05, 3.63) is 41.0 Å². The molecule has 2 aliphatic carbocycles. The van der Waals surface area contributed by atoms with Crippen LogP contribution in [0.4, 0.5) is 0 Å². The summed E-state index contributed by atoms with van der Waals surface area (Å²) < 4.78 is 0.